The van der Waals surface area contributed by atoms with E-state index in [1.165, 1.54) is 29.5 Å². The highest BCUT2D eigenvalue weighted by atomic mass is 16.6. The van der Waals surface area contributed by atoms with E-state index in [1.807, 2.05) is 0 Å². The molecule has 1 saturated carbocycles. The number of amides is 2. The number of nitrogens with zero attached hydrogens (tertiary/aromatic N) is 3. The lowest BCUT2D eigenvalue weighted by Gasteiger charge is -2.48. The van der Waals surface area contributed by atoms with Crippen LogP contribution in [-0.4, -0.2) is 73.2 Å². The molecule has 0 radical (unpaired) electrons. The Kier molecular flexibility index (Phi) is 6.38. The van der Waals surface area contributed by atoms with Crippen molar-refractivity contribution in [3.05, 3.63) is 28.3 Å². The highest BCUT2D eigenvalue weighted by molar-refractivity contribution is 6.02. The van der Waals surface area contributed by atoms with Crippen molar-refractivity contribution in [1.29, 1.82) is 0 Å². The van der Waals surface area contributed by atoms with Crippen LogP contribution in [0, 0.1) is 10.1 Å². The fraction of sp³-hybridized carbons (Fsp3) is 0.619. The van der Waals surface area contributed by atoms with Crippen LogP contribution in [0.5, 0.6) is 5.75 Å². The fourth-order valence-corrected chi connectivity index (χ4v) is 4.79. The predicted molar refractivity (Wildman–Crippen MR) is 112 cm³/mol. The van der Waals surface area contributed by atoms with Crippen LogP contribution in [0.1, 0.15) is 32.1 Å². The molecule has 0 spiro atoms. The lowest BCUT2D eigenvalue weighted by atomic mass is 9.79. The highest BCUT2D eigenvalue weighted by Crippen LogP contribution is 2.36. The summed E-state index contributed by atoms with van der Waals surface area (Å²) in [6.07, 6.45) is 5.52. The summed E-state index contributed by atoms with van der Waals surface area (Å²) in [5.41, 5.74) is 0.0146. The van der Waals surface area contributed by atoms with E-state index in [1.54, 1.807) is 0 Å². The van der Waals surface area contributed by atoms with E-state index in [0.29, 0.717) is 25.5 Å². The molecule has 0 aromatic heterocycles. The molecule has 2 aliphatic heterocycles. The van der Waals surface area contributed by atoms with Gasteiger partial charge in [0.2, 0.25) is 5.91 Å². The Morgan fingerprint density at radius 3 is 2.65 bits per heavy atom. The number of ether oxygens (including phenoxy) is 2. The minimum Gasteiger partial charge on any atom is -0.482 e. The number of fused-ring (bicyclic) bond motifs is 1. The Morgan fingerprint density at radius 1 is 1.19 bits per heavy atom. The molecule has 168 valence electrons. The summed E-state index contributed by atoms with van der Waals surface area (Å²) in [5, 5.41) is 14.2. The van der Waals surface area contributed by atoms with Crippen LogP contribution in [0.4, 0.5) is 11.4 Å². The van der Waals surface area contributed by atoms with Crippen molar-refractivity contribution >= 4 is 23.2 Å². The van der Waals surface area contributed by atoms with Gasteiger partial charge in [0.15, 0.2) is 6.61 Å². The number of morpholine rings is 1. The van der Waals surface area contributed by atoms with Gasteiger partial charge in [0.05, 0.1) is 23.8 Å². The number of carbonyl (C=O) groups is 2. The molecule has 10 heteroatoms. The largest absolute Gasteiger partial charge is 0.482 e. The zero-order chi connectivity index (χ0) is 21.8. The molecule has 1 N–H and O–H groups in total. The maximum atomic E-state index is 12.8. The first-order chi connectivity index (χ1) is 15.0. The Balaban J connectivity index is 1.45. The molecule has 10 nitrogen and oxygen atoms in total. The first kappa shape index (κ1) is 21.5. The third-order valence-electron chi connectivity index (χ3n) is 6.48. The topological polar surface area (TPSA) is 114 Å². The molecule has 4 rings (SSSR count). The smallest absolute Gasteiger partial charge is 0.271 e. The molecule has 2 fully saturated rings. The standard InChI is InChI=1S/C21H28N4O6/c26-19(22-15-21(6-2-1-3-7-21)23-8-10-30-11-9-23)13-24-17-12-16(25(28)29)4-5-18(17)31-14-20(24)27/h4-5,12H,1-3,6-11,13-15H2,(H,22,26). The SMILES string of the molecule is O=C(CN1C(=O)COc2ccc([N+](=O)[O-])cc21)NCC1(N2CCOCC2)CCCCC1. The van der Waals surface area contributed by atoms with E-state index >= 15 is 0 Å². The van der Waals surface area contributed by atoms with E-state index in [0.717, 1.165) is 38.8 Å². The van der Waals surface area contributed by atoms with Gasteiger partial charge in [-0.15, -0.1) is 0 Å². The van der Waals surface area contributed by atoms with E-state index < -0.39 is 10.8 Å². The molecule has 3 aliphatic rings. The van der Waals surface area contributed by atoms with Crippen molar-refractivity contribution < 1.29 is 24.0 Å². The normalized spacial score (nSPS) is 21.2. The number of hydrogen-bond acceptors (Lipinski definition) is 7. The number of non-ortho nitro benzene ring substituents is 1. The van der Waals surface area contributed by atoms with Crippen LogP contribution in [0.2, 0.25) is 0 Å². The Labute approximate surface area is 180 Å². The second kappa shape index (κ2) is 9.19. The van der Waals surface area contributed by atoms with Gasteiger partial charge in [-0.1, -0.05) is 19.3 Å². The predicted octanol–water partition coefficient (Wildman–Crippen LogP) is 1.47. The van der Waals surface area contributed by atoms with Crippen LogP contribution < -0.4 is 15.0 Å². The summed E-state index contributed by atoms with van der Waals surface area (Å²) >= 11 is 0. The minimum absolute atomic E-state index is 0.0800. The van der Waals surface area contributed by atoms with E-state index in [4.69, 9.17) is 9.47 Å². The van der Waals surface area contributed by atoms with Gasteiger partial charge in [0.1, 0.15) is 12.3 Å². The van der Waals surface area contributed by atoms with Gasteiger partial charge in [-0.3, -0.25) is 29.5 Å². The summed E-state index contributed by atoms with van der Waals surface area (Å²) in [5.74, 6) is -0.329. The number of carbonyl (C=O) groups excluding carboxylic acids is 2. The minimum atomic E-state index is -0.535. The molecule has 1 aromatic rings. The molecule has 1 saturated heterocycles. The van der Waals surface area contributed by atoms with E-state index in [-0.39, 0.29) is 36.0 Å². The van der Waals surface area contributed by atoms with Crippen molar-refractivity contribution in [3.63, 3.8) is 0 Å². The van der Waals surface area contributed by atoms with Gasteiger partial charge in [-0.2, -0.15) is 0 Å². The lowest BCUT2D eigenvalue weighted by Crippen LogP contribution is -2.60. The Hall–Kier alpha value is -2.72. The zero-order valence-electron chi connectivity index (χ0n) is 17.5. The number of rotatable bonds is 6. The van der Waals surface area contributed by atoms with E-state index in [2.05, 4.69) is 10.2 Å². The number of nitrogens with one attached hydrogen (secondary N) is 1. The lowest BCUT2D eigenvalue weighted by molar-refractivity contribution is -0.384. The molecular weight excluding hydrogens is 404 g/mol. The number of nitro benzene ring substituents is 1. The number of nitro groups is 1. The molecule has 1 aliphatic carbocycles. The van der Waals surface area contributed by atoms with Crippen LogP contribution in [-0.2, 0) is 14.3 Å². The van der Waals surface area contributed by atoms with Crippen molar-refractivity contribution in [2.24, 2.45) is 0 Å². The van der Waals surface area contributed by atoms with Crippen molar-refractivity contribution in [3.8, 4) is 5.75 Å². The monoisotopic (exact) mass is 432 g/mol. The molecule has 0 unspecified atom stereocenters. The van der Waals surface area contributed by atoms with Crippen LogP contribution >= 0.6 is 0 Å². The van der Waals surface area contributed by atoms with Gasteiger partial charge in [0.25, 0.3) is 11.6 Å². The third kappa shape index (κ3) is 4.64. The van der Waals surface area contributed by atoms with E-state index in [9.17, 15) is 19.7 Å². The summed E-state index contributed by atoms with van der Waals surface area (Å²) in [7, 11) is 0. The average molecular weight is 432 g/mol. The maximum absolute atomic E-state index is 12.8. The third-order valence-corrected chi connectivity index (χ3v) is 6.48. The second-order valence-corrected chi connectivity index (χ2v) is 8.34. The van der Waals surface area contributed by atoms with Crippen LogP contribution in [0.25, 0.3) is 0 Å². The van der Waals surface area contributed by atoms with Crippen molar-refractivity contribution in [2.45, 2.75) is 37.6 Å². The van der Waals surface area contributed by atoms with Crippen LogP contribution in [0.3, 0.4) is 0 Å². The summed E-state index contributed by atoms with van der Waals surface area (Å²) in [6, 6.07) is 4.05. The van der Waals surface area contributed by atoms with Gasteiger partial charge in [0, 0.05) is 37.3 Å². The summed E-state index contributed by atoms with van der Waals surface area (Å²) in [4.78, 5) is 39.5. The summed E-state index contributed by atoms with van der Waals surface area (Å²) in [6.45, 7) is 3.24. The fourth-order valence-electron chi connectivity index (χ4n) is 4.79. The first-order valence-corrected chi connectivity index (χ1v) is 10.8. The number of anilines is 1. The Morgan fingerprint density at radius 2 is 1.94 bits per heavy atom. The second-order valence-electron chi connectivity index (χ2n) is 8.34. The molecular formula is C21H28N4O6. The zero-order valence-corrected chi connectivity index (χ0v) is 17.5. The Bertz CT molecular complexity index is 848. The summed E-state index contributed by atoms with van der Waals surface area (Å²) < 4.78 is 10.9. The number of hydrogen-bond donors (Lipinski definition) is 1. The van der Waals surface area contributed by atoms with Gasteiger partial charge >= 0.3 is 0 Å². The molecule has 2 heterocycles. The molecule has 31 heavy (non-hydrogen) atoms. The molecule has 2 amide bonds. The van der Waals surface area contributed by atoms with Gasteiger partial charge in [-0.25, -0.2) is 0 Å². The molecule has 0 bridgehead atoms. The highest BCUT2D eigenvalue weighted by Gasteiger charge is 2.39. The van der Waals surface area contributed by atoms with Gasteiger partial charge in [-0.05, 0) is 18.9 Å². The average Bonchev–Trinajstić information content (AvgIpc) is 2.80. The maximum Gasteiger partial charge on any atom is 0.271 e. The first-order valence-electron chi connectivity index (χ1n) is 10.8. The van der Waals surface area contributed by atoms with Crippen molar-refractivity contribution in [2.75, 3.05) is 50.9 Å². The van der Waals surface area contributed by atoms with Crippen molar-refractivity contribution in [1.82, 2.24) is 10.2 Å². The number of benzene rings is 1. The molecule has 1 aromatic carbocycles. The quantitative estimate of drug-likeness (QED) is 0.535. The van der Waals surface area contributed by atoms with Gasteiger partial charge < -0.3 is 14.8 Å². The molecule has 0 atom stereocenters. The van der Waals surface area contributed by atoms with Crippen LogP contribution in [0.15, 0.2) is 18.2 Å².